The van der Waals surface area contributed by atoms with E-state index in [4.69, 9.17) is 4.74 Å². The molecule has 2 atom stereocenters. The van der Waals surface area contributed by atoms with Crippen LogP contribution >= 0.6 is 0 Å². The number of phenols is 1. The Morgan fingerprint density at radius 3 is 2.18 bits per heavy atom. The molecule has 0 aliphatic rings. The fourth-order valence-corrected chi connectivity index (χ4v) is 4.21. The molecule has 0 aliphatic carbocycles. The molecular formula is C30H51N3O5. The molecule has 3 amide bonds. The molecule has 216 valence electrons. The minimum Gasteiger partial charge on any atom is -0.508 e. The zero-order valence-electron chi connectivity index (χ0n) is 24.6. The Kier molecular flexibility index (Phi) is 14.8. The van der Waals surface area contributed by atoms with E-state index in [2.05, 4.69) is 17.6 Å². The molecule has 0 aromatic heterocycles. The monoisotopic (exact) mass is 533 g/mol. The second-order valence-electron chi connectivity index (χ2n) is 11.3. The molecule has 1 aromatic rings. The van der Waals surface area contributed by atoms with E-state index in [0.29, 0.717) is 18.7 Å². The molecule has 0 fully saturated rings. The van der Waals surface area contributed by atoms with E-state index in [1.54, 1.807) is 37.8 Å². The van der Waals surface area contributed by atoms with Gasteiger partial charge in [-0.3, -0.25) is 9.59 Å². The number of ether oxygens (including phenoxy) is 1. The number of hydrogen-bond donors (Lipinski definition) is 3. The lowest BCUT2D eigenvalue weighted by molar-refractivity contribution is -0.143. The largest absolute Gasteiger partial charge is 0.508 e. The first kappa shape index (κ1) is 33.3. The zero-order valence-corrected chi connectivity index (χ0v) is 24.6. The number of alkyl carbamates (subject to hydrolysis) is 1. The molecule has 0 spiro atoms. The summed E-state index contributed by atoms with van der Waals surface area (Å²) in [6, 6.07) is 4.66. The van der Waals surface area contributed by atoms with Gasteiger partial charge in [0.1, 0.15) is 23.4 Å². The molecule has 8 heteroatoms. The summed E-state index contributed by atoms with van der Waals surface area (Å²) in [5, 5.41) is 15.9. The lowest BCUT2D eigenvalue weighted by Crippen LogP contribution is -2.55. The van der Waals surface area contributed by atoms with Gasteiger partial charge in [0.25, 0.3) is 0 Å². The third-order valence-corrected chi connectivity index (χ3v) is 6.22. The number of aromatic hydroxyl groups is 1. The van der Waals surface area contributed by atoms with E-state index in [-0.39, 0.29) is 23.5 Å². The number of phenolic OH excluding ortho intramolecular Hbond substituents is 1. The van der Waals surface area contributed by atoms with E-state index >= 15 is 0 Å². The van der Waals surface area contributed by atoms with Crippen LogP contribution in [0.2, 0.25) is 0 Å². The molecule has 0 bridgehead atoms. The van der Waals surface area contributed by atoms with Crippen LogP contribution < -0.4 is 10.6 Å². The molecule has 0 radical (unpaired) electrons. The fourth-order valence-electron chi connectivity index (χ4n) is 4.21. The molecule has 38 heavy (non-hydrogen) atoms. The number of hydrogen-bond acceptors (Lipinski definition) is 5. The van der Waals surface area contributed by atoms with E-state index in [1.165, 1.54) is 18.6 Å². The normalized spacial score (nSPS) is 13.1. The van der Waals surface area contributed by atoms with Gasteiger partial charge in [-0.1, -0.05) is 78.4 Å². The van der Waals surface area contributed by atoms with E-state index in [1.807, 2.05) is 20.8 Å². The predicted octanol–water partition coefficient (Wildman–Crippen LogP) is 6.09. The number of nitrogens with zero attached hydrogens (tertiary/aromatic N) is 1. The Labute approximate surface area is 229 Å². The van der Waals surface area contributed by atoms with Gasteiger partial charge in [0, 0.05) is 13.1 Å². The molecule has 1 aromatic carbocycles. The number of unbranched alkanes of at least 4 members (excludes halogenated alkanes) is 6. The first-order valence-electron chi connectivity index (χ1n) is 14.3. The van der Waals surface area contributed by atoms with Crippen molar-refractivity contribution in [1.29, 1.82) is 0 Å². The van der Waals surface area contributed by atoms with Crippen molar-refractivity contribution in [2.75, 3.05) is 13.1 Å². The minimum absolute atomic E-state index is 0.0214. The second kappa shape index (κ2) is 16.9. The Hall–Kier alpha value is -2.77. The van der Waals surface area contributed by atoms with Crippen molar-refractivity contribution in [3.05, 3.63) is 29.8 Å². The highest BCUT2D eigenvalue weighted by atomic mass is 16.6. The van der Waals surface area contributed by atoms with Crippen LogP contribution in [0.5, 0.6) is 5.75 Å². The number of rotatable bonds is 16. The standard InChI is InChI=1S/C30H51N3O5/c1-8-10-12-13-14-15-20-33(28(36)25(22(3)4)32-29(37)38-30(5,6)7)26(27(35)31-19-11-9-2)23-17-16-18-24(34)21-23/h16-18,21-22,25-26,34H,8-15,19-20H2,1-7H3,(H,31,35)(H,32,37). The molecule has 2 unspecified atom stereocenters. The molecule has 0 saturated carbocycles. The SMILES string of the molecule is CCCCCCCCN(C(=O)C(NC(=O)OC(C)(C)C)C(C)C)C(C(=O)NCCCC)c1cccc(O)c1. The van der Waals surface area contributed by atoms with E-state index in [0.717, 1.165) is 44.9 Å². The smallest absolute Gasteiger partial charge is 0.408 e. The van der Waals surface area contributed by atoms with Crippen LogP contribution in [0.25, 0.3) is 0 Å². The number of nitrogens with one attached hydrogen (secondary N) is 2. The summed E-state index contributed by atoms with van der Waals surface area (Å²) in [5.74, 6) is -0.871. The molecule has 0 heterocycles. The quantitative estimate of drug-likeness (QED) is 0.223. The Bertz CT molecular complexity index is 866. The molecule has 8 nitrogen and oxygen atoms in total. The maximum atomic E-state index is 14.1. The van der Waals surface area contributed by atoms with Gasteiger partial charge in [0.15, 0.2) is 0 Å². The van der Waals surface area contributed by atoms with Gasteiger partial charge in [-0.15, -0.1) is 0 Å². The zero-order chi connectivity index (χ0) is 28.7. The summed E-state index contributed by atoms with van der Waals surface area (Å²) >= 11 is 0. The van der Waals surface area contributed by atoms with Gasteiger partial charge >= 0.3 is 6.09 Å². The van der Waals surface area contributed by atoms with Crippen molar-refractivity contribution in [2.45, 2.75) is 118 Å². The number of carbonyl (C=O) groups is 3. The number of carbonyl (C=O) groups excluding carboxylic acids is 3. The molecule has 3 N–H and O–H groups in total. The van der Waals surface area contributed by atoms with Crippen molar-refractivity contribution in [1.82, 2.24) is 15.5 Å². The highest BCUT2D eigenvalue weighted by Gasteiger charge is 2.37. The van der Waals surface area contributed by atoms with Crippen LogP contribution in [0.15, 0.2) is 24.3 Å². The maximum Gasteiger partial charge on any atom is 0.408 e. The van der Waals surface area contributed by atoms with Crippen LogP contribution in [0.1, 0.15) is 111 Å². The lowest BCUT2D eigenvalue weighted by atomic mass is 9.98. The van der Waals surface area contributed by atoms with Crippen molar-refractivity contribution in [3.8, 4) is 5.75 Å². The van der Waals surface area contributed by atoms with Gasteiger partial charge in [-0.2, -0.15) is 0 Å². The fraction of sp³-hybridized carbons (Fsp3) is 0.700. The second-order valence-corrected chi connectivity index (χ2v) is 11.3. The molecule has 1 rings (SSSR count). The molecule has 0 saturated heterocycles. The summed E-state index contributed by atoms with van der Waals surface area (Å²) in [5.41, 5.74) is -0.186. The first-order valence-corrected chi connectivity index (χ1v) is 14.3. The van der Waals surface area contributed by atoms with Gasteiger partial charge < -0.3 is 25.4 Å². The Morgan fingerprint density at radius 1 is 0.974 bits per heavy atom. The third-order valence-electron chi connectivity index (χ3n) is 6.22. The summed E-state index contributed by atoms with van der Waals surface area (Å²) in [4.78, 5) is 41.9. The van der Waals surface area contributed by atoms with Crippen LogP contribution in [-0.2, 0) is 14.3 Å². The van der Waals surface area contributed by atoms with Crippen LogP contribution in [0.4, 0.5) is 4.79 Å². The maximum absolute atomic E-state index is 14.1. The van der Waals surface area contributed by atoms with Gasteiger partial charge in [-0.05, 0) is 57.2 Å². The van der Waals surface area contributed by atoms with Gasteiger partial charge in [0.2, 0.25) is 11.8 Å². The van der Waals surface area contributed by atoms with Crippen LogP contribution in [-0.4, -0.2) is 52.6 Å². The van der Waals surface area contributed by atoms with E-state index in [9.17, 15) is 19.5 Å². The Balaban J connectivity index is 3.37. The number of amides is 3. The van der Waals surface area contributed by atoms with Crippen LogP contribution in [0.3, 0.4) is 0 Å². The average molecular weight is 534 g/mol. The summed E-state index contributed by atoms with van der Waals surface area (Å²) in [6.45, 7) is 14.1. The third kappa shape index (κ3) is 12.2. The highest BCUT2D eigenvalue weighted by Crippen LogP contribution is 2.27. The average Bonchev–Trinajstić information content (AvgIpc) is 2.82. The Morgan fingerprint density at radius 2 is 1.61 bits per heavy atom. The predicted molar refractivity (Wildman–Crippen MR) is 152 cm³/mol. The van der Waals surface area contributed by atoms with Gasteiger partial charge in [0.05, 0.1) is 0 Å². The van der Waals surface area contributed by atoms with Crippen molar-refractivity contribution in [3.63, 3.8) is 0 Å². The highest BCUT2D eigenvalue weighted by molar-refractivity contribution is 5.92. The first-order chi connectivity index (χ1) is 17.9. The van der Waals surface area contributed by atoms with Gasteiger partial charge in [-0.25, -0.2) is 4.79 Å². The van der Waals surface area contributed by atoms with E-state index < -0.39 is 23.8 Å². The minimum atomic E-state index is -0.941. The topological polar surface area (TPSA) is 108 Å². The lowest BCUT2D eigenvalue weighted by Gasteiger charge is -2.35. The van der Waals surface area contributed by atoms with Crippen molar-refractivity contribution in [2.24, 2.45) is 5.92 Å². The van der Waals surface area contributed by atoms with Crippen LogP contribution in [0, 0.1) is 5.92 Å². The molecular weight excluding hydrogens is 482 g/mol. The van der Waals surface area contributed by atoms with Crippen molar-refractivity contribution < 1.29 is 24.2 Å². The van der Waals surface area contributed by atoms with Crippen molar-refractivity contribution >= 4 is 17.9 Å². The number of benzene rings is 1. The molecule has 0 aliphatic heterocycles. The summed E-state index contributed by atoms with van der Waals surface area (Å²) < 4.78 is 5.42. The summed E-state index contributed by atoms with van der Waals surface area (Å²) in [7, 11) is 0. The summed E-state index contributed by atoms with van der Waals surface area (Å²) in [6.07, 6.45) is 7.23.